The number of nitrogens with zero attached hydrogens (tertiary/aromatic N) is 1. The fraction of sp³-hybridized carbons (Fsp3) is 0.143. The Bertz CT molecular complexity index is 572. The minimum absolute atomic E-state index is 0.277. The number of aldehydes is 1. The van der Waals surface area contributed by atoms with E-state index in [4.69, 9.17) is 9.47 Å². The van der Waals surface area contributed by atoms with Crippen molar-refractivity contribution >= 4 is 22.2 Å². The van der Waals surface area contributed by atoms with Gasteiger partial charge in [-0.15, -0.1) is 0 Å². The molecule has 0 saturated carbocycles. The van der Waals surface area contributed by atoms with Crippen LogP contribution >= 0.6 is 15.9 Å². The topological polar surface area (TPSA) is 48.4 Å². The van der Waals surface area contributed by atoms with Crippen LogP contribution in [0.5, 0.6) is 11.5 Å². The SMILES string of the molecule is COc1cc(Br)cc(C=O)c1OCc1ccccn1. The van der Waals surface area contributed by atoms with Crippen LogP contribution in [-0.2, 0) is 6.61 Å². The number of hydrogen-bond acceptors (Lipinski definition) is 4. The minimum Gasteiger partial charge on any atom is -0.493 e. The Morgan fingerprint density at radius 2 is 2.21 bits per heavy atom. The number of carbonyl (C=O) groups is 1. The van der Waals surface area contributed by atoms with Crippen molar-refractivity contribution in [2.24, 2.45) is 0 Å². The van der Waals surface area contributed by atoms with Crippen molar-refractivity contribution in [2.45, 2.75) is 6.61 Å². The molecule has 2 aromatic rings. The molecule has 2 rings (SSSR count). The fourth-order valence-electron chi connectivity index (χ4n) is 1.61. The van der Waals surface area contributed by atoms with Gasteiger partial charge in [0.1, 0.15) is 6.61 Å². The first-order chi connectivity index (χ1) is 9.24. The van der Waals surface area contributed by atoms with E-state index in [0.717, 1.165) is 16.5 Å². The zero-order valence-electron chi connectivity index (χ0n) is 10.3. The van der Waals surface area contributed by atoms with E-state index in [-0.39, 0.29) is 6.61 Å². The summed E-state index contributed by atoms with van der Waals surface area (Å²) in [6, 6.07) is 9.00. The first-order valence-corrected chi connectivity index (χ1v) is 6.39. The van der Waals surface area contributed by atoms with Gasteiger partial charge in [0.15, 0.2) is 17.8 Å². The highest BCUT2D eigenvalue weighted by molar-refractivity contribution is 9.10. The third-order valence-electron chi connectivity index (χ3n) is 2.49. The van der Waals surface area contributed by atoms with Crippen molar-refractivity contribution in [2.75, 3.05) is 7.11 Å². The number of aromatic nitrogens is 1. The highest BCUT2D eigenvalue weighted by Crippen LogP contribution is 2.34. The Morgan fingerprint density at radius 1 is 1.37 bits per heavy atom. The lowest BCUT2D eigenvalue weighted by atomic mass is 10.2. The molecule has 0 unspecified atom stereocenters. The quantitative estimate of drug-likeness (QED) is 0.793. The third kappa shape index (κ3) is 3.32. The predicted molar refractivity (Wildman–Crippen MR) is 74.7 cm³/mol. The van der Waals surface area contributed by atoms with E-state index in [0.29, 0.717) is 17.1 Å². The second kappa shape index (κ2) is 6.33. The Labute approximate surface area is 119 Å². The molecule has 0 N–H and O–H groups in total. The van der Waals surface area contributed by atoms with E-state index in [1.54, 1.807) is 18.3 Å². The molecule has 0 bridgehead atoms. The van der Waals surface area contributed by atoms with Crippen molar-refractivity contribution in [3.63, 3.8) is 0 Å². The van der Waals surface area contributed by atoms with Crippen LogP contribution in [0, 0.1) is 0 Å². The Balaban J connectivity index is 2.26. The summed E-state index contributed by atoms with van der Waals surface area (Å²) in [6.45, 7) is 0.277. The van der Waals surface area contributed by atoms with E-state index in [1.807, 2.05) is 18.2 Å². The Morgan fingerprint density at radius 3 is 2.84 bits per heavy atom. The summed E-state index contributed by atoms with van der Waals surface area (Å²) in [5, 5.41) is 0. The van der Waals surface area contributed by atoms with Crippen LogP contribution in [0.15, 0.2) is 41.0 Å². The lowest BCUT2D eigenvalue weighted by Crippen LogP contribution is -2.02. The first-order valence-electron chi connectivity index (χ1n) is 5.60. The van der Waals surface area contributed by atoms with Crippen LogP contribution < -0.4 is 9.47 Å². The number of halogens is 1. The number of hydrogen-bond donors (Lipinski definition) is 0. The molecule has 98 valence electrons. The van der Waals surface area contributed by atoms with Crippen LogP contribution in [0.2, 0.25) is 0 Å². The van der Waals surface area contributed by atoms with E-state index in [1.165, 1.54) is 7.11 Å². The number of rotatable bonds is 5. The second-order valence-electron chi connectivity index (χ2n) is 3.75. The molecule has 0 radical (unpaired) electrons. The molecule has 4 nitrogen and oxygen atoms in total. The molecule has 0 atom stereocenters. The second-order valence-corrected chi connectivity index (χ2v) is 4.67. The smallest absolute Gasteiger partial charge is 0.172 e. The molecule has 0 saturated heterocycles. The van der Waals surface area contributed by atoms with E-state index < -0.39 is 0 Å². The molecule has 0 amide bonds. The van der Waals surface area contributed by atoms with Gasteiger partial charge in [-0.2, -0.15) is 0 Å². The molecular weight excluding hydrogens is 310 g/mol. The van der Waals surface area contributed by atoms with Gasteiger partial charge in [-0.3, -0.25) is 9.78 Å². The van der Waals surface area contributed by atoms with Gasteiger partial charge in [-0.05, 0) is 24.3 Å². The summed E-state index contributed by atoms with van der Waals surface area (Å²) in [5.74, 6) is 0.929. The maximum atomic E-state index is 11.1. The van der Waals surface area contributed by atoms with Gasteiger partial charge in [0.05, 0.1) is 18.4 Å². The van der Waals surface area contributed by atoms with Crippen molar-refractivity contribution in [1.29, 1.82) is 0 Å². The lowest BCUT2D eigenvalue weighted by molar-refractivity contribution is 0.111. The normalized spacial score (nSPS) is 10.0. The van der Waals surface area contributed by atoms with E-state index >= 15 is 0 Å². The zero-order valence-corrected chi connectivity index (χ0v) is 11.9. The maximum Gasteiger partial charge on any atom is 0.172 e. The van der Waals surface area contributed by atoms with Gasteiger partial charge < -0.3 is 9.47 Å². The van der Waals surface area contributed by atoms with Gasteiger partial charge in [-0.1, -0.05) is 22.0 Å². The Hall–Kier alpha value is -1.88. The summed E-state index contributed by atoms with van der Waals surface area (Å²) < 4.78 is 11.6. The van der Waals surface area contributed by atoms with Crippen molar-refractivity contribution in [3.8, 4) is 11.5 Å². The van der Waals surface area contributed by atoms with Gasteiger partial charge >= 0.3 is 0 Å². The number of pyridine rings is 1. The van der Waals surface area contributed by atoms with Gasteiger partial charge in [0, 0.05) is 10.7 Å². The third-order valence-corrected chi connectivity index (χ3v) is 2.94. The molecule has 1 aromatic carbocycles. The standard InChI is InChI=1S/C14H12BrNO3/c1-18-13-7-11(15)6-10(8-17)14(13)19-9-12-4-2-3-5-16-12/h2-8H,9H2,1H3. The first kappa shape index (κ1) is 13.5. The molecule has 0 aliphatic carbocycles. The maximum absolute atomic E-state index is 11.1. The van der Waals surface area contributed by atoms with Crippen LogP contribution in [-0.4, -0.2) is 18.4 Å². The van der Waals surface area contributed by atoms with Crippen LogP contribution in [0.25, 0.3) is 0 Å². The highest BCUT2D eigenvalue weighted by Gasteiger charge is 2.12. The van der Waals surface area contributed by atoms with Crippen LogP contribution in [0.3, 0.4) is 0 Å². The lowest BCUT2D eigenvalue weighted by Gasteiger charge is -2.13. The molecule has 1 heterocycles. The summed E-state index contributed by atoms with van der Waals surface area (Å²) in [5.41, 5.74) is 1.21. The van der Waals surface area contributed by atoms with Crippen LogP contribution in [0.4, 0.5) is 0 Å². The predicted octanol–water partition coefficient (Wildman–Crippen LogP) is 3.24. The molecule has 0 aliphatic heterocycles. The van der Waals surface area contributed by atoms with Crippen molar-refractivity contribution < 1.29 is 14.3 Å². The number of ether oxygens (including phenoxy) is 2. The number of benzene rings is 1. The van der Waals surface area contributed by atoms with Crippen molar-refractivity contribution in [3.05, 3.63) is 52.3 Å². The minimum atomic E-state index is 0.277. The molecule has 5 heteroatoms. The molecular formula is C14H12BrNO3. The summed E-state index contributed by atoms with van der Waals surface area (Å²) in [6.07, 6.45) is 2.43. The largest absolute Gasteiger partial charge is 0.493 e. The molecule has 1 aromatic heterocycles. The monoisotopic (exact) mass is 321 g/mol. The van der Waals surface area contributed by atoms with E-state index in [2.05, 4.69) is 20.9 Å². The summed E-state index contributed by atoms with van der Waals surface area (Å²) in [4.78, 5) is 15.2. The molecule has 0 aliphatic rings. The average Bonchev–Trinajstić information content (AvgIpc) is 2.46. The fourth-order valence-corrected chi connectivity index (χ4v) is 2.07. The van der Waals surface area contributed by atoms with Gasteiger partial charge in [-0.25, -0.2) is 0 Å². The molecule has 19 heavy (non-hydrogen) atoms. The molecule has 0 fully saturated rings. The van der Waals surface area contributed by atoms with Crippen LogP contribution in [0.1, 0.15) is 16.1 Å². The Kier molecular flexibility index (Phi) is 4.52. The number of carbonyl (C=O) groups excluding carboxylic acids is 1. The van der Waals surface area contributed by atoms with Gasteiger partial charge in [0.25, 0.3) is 0 Å². The van der Waals surface area contributed by atoms with Gasteiger partial charge in [0.2, 0.25) is 0 Å². The summed E-state index contributed by atoms with van der Waals surface area (Å²) in [7, 11) is 1.53. The highest BCUT2D eigenvalue weighted by atomic mass is 79.9. The van der Waals surface area contributed by atoms with E-state index in [9.17, 15) is 4.79 Å². The summed E-state index contributed by atoms with van der Waals surface area (Å²) >= 11 is 3.32. The average molecular weight is 322 g/mol. The van der Waals surface area contributed by atoms with Crippen molar-refractivity contribution in [1.82, 2.24) is 4.98 Å². The number of methoxy groups -OCH3 is 1. The molecule has 0 spiro atoms. The zero-order chi connectivity index (χ0) is 13.7.